The number of carbonyl (C=O) groups is 1. The third-order valence-electron chi connectivity index (χ3n) is 3.77. The van der Waals surface area contributed by atoms with Crippen LogP contribution in [0.1, 0.15) is 28.8 Å². The van der Waals surface area contributed by atoms with Crippen molar-refractivity contribution in [3.8, 4) is 11.3 Å². The first-order valence-corrected chi connectivity index (χ1v) is 8.23. The maximum absolute atomic E-state index is 12.2. The number of hydrogen-bond donors (Lipinski definition) is 2. The van der Waals surface area contributed by atoms with Crippen molar-refractivity contribution < 1.29 is 4.79 Å². The molecule has 9 heteroatoms. The zero-order valence-corrected chi connectivity index (χ0v) is 14.9. The second-order valence-corrected chi connectivity index (χ2v) is 5.88. The highest BCUT2D eigenvalue weighted by Crippen LogP contribution is 2.21. The first-order chi connectivity index (χ1) is 12.6. The molecule has 0 aliphatic carbocycles. The number of rotatable bonds is 6. The van der Waals surface area contributed by atoms with Crippen molar-refractivity contribution in [2.45, 2.75) is 19.9 Å². The Balaban J connectivity index is 1.76. The molecule has 3 rings (SSSR count). The van der Waals surface area contributed by atoms with Crippen molar-refractivity contribution in [2.24, 2.45) is 0 Å². The van der Waals surface area contributed by atoms with Crippen LogP contribution in [0.15, 0.2) is 30.3 Å². The van der Waals surface area contributed by atoms with Gasteiger partial charge < -0.3 is 10.2 Å². The predicted octanol–water partition coefficient (Wildman–Crippen LogP) is 1.22. The normalized spacial score (nSPS) is 10.6. The zero-order chi connectivity index (χ0) is 18.5. The molecule has 0 saturated carbocycles. The van der Waals surface area contributed by atoms with E-state index in [0.29, 0.717) is 17.3 Å². The minimum Gasteiger partial charge on any atom is -0.347 e. The van der Waals surface area contributed by atoms with E-state index in [1.54, 1.807) is 12.1 Å². The topological polar surface area (TPSA) is 113 Å². The fourth-order valence-electron chi connectivity index (χ4n) is 2.32. The van der Waals surface area contributed by atoms with E-state index >= 15 is 0 Å². The molecule has 0 spiro atoms. The number of anilines is 1. The molecular formula is C17H20N8O. The standard InChI is InChI=1S/C17H20N8O/c1-4-13-9-14(20-17(19-13)25(2)3)11-5-7-12(8-6-11)16(26)18-10-15-21-23-24-22-15/h5-9H,4,10H2,1-3H3,(H,18,26)(H,21,22,23,24). The highest BCUT2D eigenvalue weighted by atomic mass is 16.1. The Labute approximate surface area is 150 Å². The summed E-state index contributed by atoms with van der Waals surface area (Å²) in [7, 11) is 3.82. The molecule has 0 saturated heterocycles. The molecule has 0 atom stereocenters. The maximum atomic E-state index is 12.2. The summed E-state index contributed by atoms with van der Waals surface area (Å²) in [6.45, 7) is 2.28. The number of aryl methyl sites for hydroxylation is 1. The van der Waals surface area contributed by atoms with Crippen LogP contribution in [-0.2, 0) is 13.0 Å². The molecule has 2 aromatic heterocycles. The molecule has 0 aliphatic heterocycles. The van der Waals surface area contributed by atoms with Gasteiger partial charge in [0, 0.05) is 30.9 Å². The quantitative estimate of drug-likeness (QED) is 0.686. The van der Waals surface area contributed by atoms with Crippen LogP contribution in [0.5, 0.6) is 0 Å². The van der Waals surface area contributed by atoms with Gasteiger partial charge in [0.15, 0.2) is 5.82 Å². The minimum absolute atomic E-state index is 0.202. The number of nitrogens with one attached hydrogen (secondary N) is 2. The molecule has 1 aromatic carbocycles. The van der Waals surface area contributed by atoms with Gasteiger partial charge in [-0.2, -0.15) is 5.21 Å². The molecule has 2 heterocycles. The van der Waals surface area contributed by atoms with Gasteiger partial charge in [0.05, 0.1) is 12.2 Å². The van der Waals surface area contributed by atoms with Crippen LogP contribution < -0.4 is 10.2 Å². The number of tetrazole rings is 1. The first-order valence-electron chi connectivity index (χ1n) is 8.23. The van der Waals surface area contributed by atoms with Gasteiger partial charge in [0.1, 0.15) is 0 Å². The molecule has 0 bridgehead atoms. The van der Waals surface area contributed by atoms with E-state index in [4.69, 9.17) is 0 Å². The SMILES string of the molecule is CCc1cc(-c2ccc(C(=O)NCc3nn[nH]n3)cc2)nc(N(C)C)n1. The smallest absolute Gasteiger partial charge is 0.251 e. The summed E-state index contributed by atoms with van der Waals surface area (Å²) in [4.78, 5) is 23.2. The second-order valence-electron chi connectivity index (χ2n) is 5.88. The monoisotopic (exact) mass is 352 g/mol. The lowest BCUT2D eigenvalue weighted by molar-refractivity contribution is 0.0950. The summed E-state index contributed by atoms with van der Waals surface area (Å²) in [6.07, 6.45) is 0.826. The Morgan fingerprint density at radius 2 is 1.96 bits per heavy atom. The Morgan fingerprint density at radius 3 is 2.58 bits per heavy atom. The van der Waals surface area contributed by atoms with E-state index < -0.39 is 0 Å². The van der Waals surface area contributed by atoms with Gasteiger partial charge in [0.2, 0.25) is 5.95 Å². The number of benzene rings is 1. The number of aromatic nitrogens is 6. The number of nitrogens with zero attached hydrogens (tertiary/aromatic N) is 6. The molecule has 0 unspecified atom stereocenters. The van der Waals surface area contributed by atoms with Crippen molar-refractivity contribution in [2.75, 3.05) is 19.0 Å². The Bertz CT molecular complexity index is 874. The van der Waals surface area contributed by atoms with Crippen LogP contribution in [0.4, 0.5) is 5.95 Å². The molecule has 9 nitrogen and oxygen atoms in total. The van der Waals surface area contributed by atoms with Crippen LogP contribution >= 0.6 is 0 Å². The van der Waals surface area contributed by atoms with Gasteiger partial charge in [-0.05, 0) is 24.6 Å². The van der Waals surface area contributed by atoms with Crippen molar-refractivity contribution in [1.29, 1.82) is 0 Å². The molecule has 3 aromatic rings. The van der Waals surface area contributed by atoms with Crippen LogP contribution in [0.3, 0.4) is 0 Å². The fraction of sp³-hybridized carbons (Fsp3) is 0.294. The molecule has 0 fully saturated rings. The molecule has 1 amide bonds. The molecule has 2 N–H and O–H groups in total. The summed E-state index contributed by atoms with van der Waals surface area (Å²) < 4.78 is 0. The molecule has 26 heavy (non-hydrogen) atoms. The Morgan fingerprint density at radius 1 is 1.19 bits per heavy atom. The minimum atomic E-state index is -0.202. The lowest BCUT2D eigenvalue weighted by Gasteiger charge is -2.13. The zero-order valence-electron chi connectivity index (χ0n) is 14.9. The molecule has 134 valence electrons. The Kier molecular flexibility index (Phi) is 5.16. The fourth-order valence-corrected chi connectivity index (χ4v) is 2.32. The molecule has 0 aliphatic rings. The first kappa shape index (κ1) is 17.5. The van der Waals surface area contributed by atoms with Gasteiger partial charge in [-0.25, -0.2) is 9.97 Å². The van der Waals surface area contributed by atoms with E-state index in [1.807, 2.05) is 37.2 Å². The largest absolute Gasteiger partial charge is 0.347 e. The van der Waals surface area contributed by atoms with Crippen LogP contribution in [0, 0.1) is 0 Å². The Hall–Kier alpha value is -3.36. The summed E-state index contributed by atoms with van der Waals surface area (Å²) in [5.74, 6) is 0.896. The van der Waals surface area contributed by atoms with Gasteiger partial charge in [-0.15, -0.1) is 10.2 Å². The number of carbonyl (C=O) groups excluding carboxylic acids is 1. The van der Waals surface area contributed by atoms with Crippen LogP contribution in [0.2, 0.25) is 0 Å². The lowest BCUT2D eigenvalue weighted by Crippen LogP contribution is -2.23. The van der Waals surface area contributed by atoms with E-state index in [-0.39, 0.29) is 12.5 Å². The summed E-state index contributed by atoms with van der Waals surface area (Å²) in [6, 6.07) is 9.27. The van der Waals surface area contributed by atoms with Crippen LogP contribution in [0.25, 0.3) is 11.3 Å². The average molecular weight is 352 g/mol. The van der Waals surface area contributed by atoms with Crippen molar-refractivity contribution in [3.05, 3.63) is 47.4 Å². The van der Waals surface area contributed by atoms with Crippen LogP contribution in [-0.4, -0.2) is 50.6 Å². The van der Waals surface area contributed by atoms with Gasteiger partial charge in [0.25, 0.3) is 5.91 Å². The van der Waals surface area contributed by atoms with E-state index in [1.165, 1.54) is 0 Å². The van der Waals surface area contributed by atoms with Crippen molar-refractivity contribution in [3.63, 3.8) is 0 Å². The van der Waals surface area contributed by atoms with E-state index in [0.717, 1.165) is 23.4 Å². The highest BCUT2D eigenvalue weighted by molar-refractivity contribution is 5.94. The molecule has 0 radical (unpaired) electrons. The second kappa shape index (κ2) is 7.68. The predicted molar refractivity (Wildman–Crippen MR) is 96.5 cm³/mol. The number of H-pyrrole nitrogens is 1. The highest BCUT2D eigenvalue weighted by Gasteiger charge is 2.10. The summed E-state index contributed by atoms with van der Waals surface area (Å²) in [5.41, 5.74) is 3.29. The van der Waals surface area contributed by atoms with Gasteiger partial charge in [-0.1, -0.05) is 24.3 Å². The lowest BCUT2D eigenvalue weighted by atomic mass is 10.1. The third-order valence-corrected chi connectivity index (χ3v) is 3.77. The summed E-state index contributed by atoms with van der Waals surface area (Å²) >= 11 is 0. The van der Waals surface area contributed by atoms with Crippen molar-refractivity contribution in [1.82, 2.24) is 35.9 Å². The maximum Gasteiger partial charge on any atom is 0.251 e. The molecular weight excluding hydrogens is 332 g/mol. The average Bonchev–Trinajstić information content (AvgIpc) is 3.19. The third kappa shape index (κ3) is 4.00. The van der Waals surface area contributed by atoms with Gasteiger partial charge >= 0.3 is 0 Å². The van der Waals surface area contributed by atoms with E-state index in [2.05, 4.69) is 42.8 Å². The number of hydrogen-bond acceptors (Lipinski definition) is 7. The summed E-state index contributed by atoms with van der Waals surface area (Å²) in [5, 5.41) is 16.1. The van der Waals surface area contributed by atoms with Gasteiger partial charge in [-0.3, -0.25) is 4.79 Å². The number of amides is 1. The van der Waals surface area contributed by atoms with E-state index in [9.17, 15) is 4.79 Å². The van der Waals surface area contributed by atoms with Crippen molar-refractivity contribution >= 4 is 11.9 Å². The number of aromatic amines is 1.